The summed E-state index contributed by atoms with van der Waals surface area (Å²) >= 11 is 6.75. The quantitative estimate of drug-likeness (QED) is 0.614. The van der Waals surface area contributed by atoms with Crippen LogP contribution in [0.25, 0.3) is 16.6 Å². The predicted octanol–water partition coefficient (Wildman–Crippen LogP) is 4.57. The van der Waals surface area contributed by atoms with Crippen LogP contribution in [0.2, 0.25) is 5.02 Å². The molecule has 3 aromatic rings. The van der Waals surface area contributed by atoms with Crippen LogP contribution >= 0.6 is 11.6 Å². The Kier molecular flexibility index (Phi) is 4.44. The molecule has 3 fully saturated rings. The molecular formula is C23H28ClN5O. The fraction of sp³-hybridized carbons (Fsp3) is 0.565. The van der Waals surface area contributed by atoms with Gasteiger partial charge in [-0.25, -0.2) is 4.68 Å². The lowest BCUT2D eigenvalue weighted by atomic mass is 9.86. The van der Waals surface area contributed by atoms with E-state index >= 15 is 0 Å². The van der Waals surface area contributed by atoms with Gasteiger partial charge in [0.15, 0.2) is 0 Å². The first-order chi connectivity index (χ1) is 14.6. The van der Waals surface area contributed by atoms with Gasteiger partial charge < -0.3 is 4.74 Å². The smallest absolute Gasteiger partial charge is 0.103 e. The van der Waals surface area contributed by atoms with Crippen molar-refractivity contribution in [3.8, 4) is 5.69 Å². The molecule has 1 aromatic carbocycles. The SMILES string of the molecule is CC1(N2CCC(c3cc4c(cnn4-c4cnn(C5CC5)c4)cc3Cl)CC2)CCOC1. The van der Waals surface area contributed by atoms with E-state index in [1.54, 1.807) is 0 Å². The van der Waals surface area contributed by atoms with Crippen LogP contribution in [0.5, 0.6) is 0 Å². The molecule has 0 spiro atoms. The molecule has 6 rings (SSSR count). The molecule has 0 radical (unpaired) electrons. The van der Waals surface area contributed by atoms with Crippen LogP contribution in [0.15, 0.2) is 30.7 Å². The number of halogens is 1. The predicted molar refractivity (Wildman–Crippen MR) is 118 cm³/mol. The molecule has 1 unspecified atom stereocenters. The molecular weight excluding hydrogens is 398 g/mol. The molecule has 7 heteroatoms. The van der Waals surface area contributed by atoms with E-state index in [2.05, 4.69) is 45.0 Å². The van der Waals surface area contributed by atoms with Gasteiger partial charge in [-0.2, -0.15) is 10.2 Å². The van der Waals surface area contributed by atoms with Crippen molar-refractivity contribution in [3.63, 3.8) is 0 Å². The highest BCUT2D eigenvalue weighted by Gasteiger charge is 2.38. The molecule has 0 bridgehead atoms. The third-order valence-electron chi connectivity index (χ3n) is 7.34. The van der Waals surface area contributed by atoms with Gasteiger partial charge in [0.2, 0.25) is 0 Å². The first-order valence-corrected chi connectivity index (χ1v) is 11.5. The fourth-order valence-electron chi connectivity index (χ4n) is 5.19. The number of piperidine rings is 1. The molecule has 2 aliphatic heterocycles. The lowest BCUT2D eigenvalue weighted by molar-refractivity contribution is 0.0582. The Morgan fingerprint density at radius 1 is 1.10 bits per heavy atom. The van der Waals surface area contributed by atoms with Gasteiger partial charge in [0.25, 0.3) is 0 Å². The number of rotatable bonds is 4. The average Bonchev–Trinajstić information content (AvgIpc) is 3.13. The minimum atomic E-state index is 0.207. The summed E-state index contributed by atoms with van der Waals surface area (Å²) in [7, 11) is 0. The summed E-state index contributed by atoms with van der Waals surface area (Å²) in [6, 6.07) is 4.92. The largest absolute Gasteiger partial charge is 0.379 e. The van der Waals surface area contributed by atoms with Crippen molar-refractivity contribution < 1.29 is 4.74 Å². The molecule has 1 atom stereocenters. The highest BCUT2D eigenvalue weighted by Crippen LogP contribution is 2.39. The summed E-state index contributed by atoms with van der Waals surface area (Å²) in [5.41, 5.74) is 3.60. The molecule has 4 heterocycles. The zero-order valence-corrected chi connectivity index (χ0v) is 18.2. The molecule has 0 amide bonds. The van der Waals surface area contributed by atoms with Crippen molar-refractivity contribution in [2.45, 2.75) is 56.5 Å². The summed E-state index contributed by atoms with van der Waals surface area (Å²) in [5.74, 6) is 0.488. The lowest BCUT2D eigenvalue weighted by Crippen LogP contribution is -2.50. The summed E-state index contributed by atoms with van der Waals surface area (Å²) < 4.78 is 9.76. The number of hydrogen-bond acceptors (Lipinski definition) is 4. The Bertz CT molecular complexity index is 1070. The Labute approximate surface area is 181 Å². The zero-order chi connectivity index (χ0) is 20.3. The van der Waals surface area contributed by atoms with Gasteiger partial charge in [-0.3, -0.25) is 9.58 Å². The van der Waals surface area contributed by atoms with Crippen molar-refractivity contribution in [2.24, 2.45) is 0 Å². The van der Waals surface area contributed by atoms with Crippen molar-refractivity contribution >= 4 is 22.5 Å². The standard InChI is InChI=1S/C23H28ClN5O/c1-23(6-9-30-15-23)27-7-4-16(5-8-27)20-11-22-17(10-21(20)24)12-26-29(22)19-13-25-28(14-19)18-2-3-18/h10-14,16,18H,2-9,15H2,1H3. The number of likely N-dealkylation sites (tertiary alicyclic amines) is 1. The minimum absolute atomic E-state index is 0.207. The number of ether oxygens (including phenoxy) is 1. The maximum atomic E-state index is 6.75. The van der Waals surface area contributed by atoms with Crippen molar-refractivity contribution in [1.82, 2.24) is 24.5 Å². The molecule has 2 aromatic heterocycles. The van der Waals surface area contributed by atoms with Crippen LogP contribution in [0, 0.1) is 0 Å². The Morgan fingerprint density at radius 3 is 2.67 bits per heavy atom. The van der Waals surface area contributed by atoms with E-state index in [0.29, 0.717) is 12.0 Å². The highest BCUT2D eigenvalue weighted by molar-refractivity contribution is 6.32. The van der Waals surface area contributed by atoms with E-state index < -0.39 is 0 Å². The normalized spacial score (nSPS) is 26.1. The van der Waals surface area contributed by atoms with Crippen LogP contribution in [0.3, 0.4) is 0 Å². The molecule has 3 aliphatic rings. The molecule has 158 valence electrons. The van der Waals surface area contributed by atoms with Crippen LogP contribution in [0.4, 0.5) is 0 Å². The van der Waals surface area contributed by atoms with E-state index in [0.717, 1.165) is 67.2 Å². The number of benzene rings is 1. The maximum Gasteiger partial charge on any atom is 0.103 e. The number of nitrogens with zero attached hydrogens (tertiary/aromatic N) is 5. The summed E-state index contributed by atoms with van der Waals surface area (Å²) in [4.78, 5) is 2.62. The molecule has 2 saturated heterocycles. The Hall–Kier alpha value is -1.89. The van der Waals surface area contributed by atoms with Crippen molar-refractivity contribution in [1.29, 1.82) is 0 Å². The van der Waals surface area contributed by atoms with Gasteiger partial charge >= 0.3 is 0 Å². The zero-order valence-electron chi connectivity index (χ0n) is 17.4. The van der Waals surface area contributed by atoms with E-state index in [-0.39, 0.29) is 5.54 Å². The third kappa shape index (κ3) is 3.17. The maximum absolute atomic E-state index is 6.75. The van der Waals surface area contributed by atoms with Gasteiger partial charge in [0, 0.05) is 22.6 Å². The molecule has 6 nitrogen and oxygen atoms in total. The van der Waals surface area contributed by atoms with E-state index in [1.807, 2.05) is 17.1 Å². The van der Waals surface area contributed by atoms with Gasteiger partial charge in [-0.05, 0) is 75.7 Å². The van der Waals surface area contributed by atoms with Gasteiger partial charge in [-0.15, -0.1) is 0 Å². The monoisotopic (exact) mass is 425 g/mol. The van der Waals surface area contributed by atoms with Crippen LogP contribution in [0.1, 0.15) is 56.6 Å². The van der Waals surface area contributed by atoms with Crippen molar-refractivity contribution in [2.75, 3.05) is 26.3 Å². The average molecular weight is 426 g/mol. The van der Waals surface area contributed by atoms with Crippen LogP contribution in [-0.4, -0.2) is 56.3 Å². The highest BCUT2D eigenvalue weighted by atomic mass is 35.5. The second-order valence-corrected chi connectivity index (χ2v) is 9.87. The summed E-state index contributed by atoms with van der Waals surface area (Å²) in [6.45, 7) is 6.30. The molecule has 1 saturated carbocycles. The fourth-order valence-corrected chi connectivity index (χ4v) is 5.52. The van der Waals surface area contributed by atoms with Crippen LogP contribution < -0.4 is 0 Å². The third-order valence-corrected chi connectivity index (χ3v) is 7.66. The second-order valence-electron chi connectivity index (χ2n) is 9.46. The first kappa shape index (κ1) is 18.8. The number of fused-ring (bicyclic) bond motifs is 1. The molecule has 0 N–H and O–H groups in total. The summed E-state index contributed by atoms with van der Waals surface area (Å²) in [5, 5.41) is 11.1. The summed E-state index contributed by atoms with van der Waals surface area (Å²) in [6.07, 6.45) is 11.8. The van der Waals surface area contributed by atoms with E-state index in [1.165, 1.54) is 18.4 Å². The van der Waals surface area contributed by atoms with Crippen LogP contribution in [-0.2, 0) is 4.74 Å². The molecule has 30 heavy (non-hydrogen) atoms. The topological polar surface area (TPSA) is 48.1 Å². The lowest BCUT2D eigenvalue weighted by Gasteiger charge is -2.42. The molecule has 1 aliphatic carbocycles. The first-order valence-electron chi connectivity index (χ1n) is 11.2. The number of aromatic nitrogens is 4. The van der Waals surface area contributed by atoms with E-state index in [9.17, 15) is 0 Å². The van der Waals surface area contributed by atoms with E-state index in [4.69, 9.17) is 16.3 Å². The van der Waals surface area contributed by atoms with Crippen molar-refractivity contribution in [3.05, 3.63) is 41.3 Å². The number of hydrogen-bond donors (Lipinski definition) is 0. The Balaban J connectivity index is 1.27. The second kappa shape index (κ2) is 7.08. The Morgan fingerprint density at radius 2 is 1.93 bits per heavy atom. The van der Waals surface area contributed by atoms with Gasteiger partial charge in [-0.1, -0.05) is 11.6 Å². The van der Waals surface area contributed by atoms with Gasteiger partial charge in [0.1, 0.15) is 5.69 Å². The minimum Gasteiger partial charge on any atom is -0.379 e. The van der Waals surface area contributed by atoms with Gasteiger partial charge in [0.05, 0.1) is 36.8 Å².